The van der Waals surface area contributed by atoms with Gasteiger partial charge in [-0.1, -0.05) is 61.0 Å². The Hall–Kier alpha value is -4.10. The Balaban J connectivity index is 1.40. The minimum atomic E-state index is -3.49. The molecule has 0 aromatic heterocycles. The number of fused-ring (bicyclic) bond motifs is 1. The van der Waals surface area contributed by atoms with Crippen molar-refractivity contribution in [2.24, 2.45) is 10.3 Å². The number of ether oxygens (including phenoxy) is 4. The van der Waals surface area contributed by atoms with E-state index >= 15 is 0 Å². The Morgan fingerprint density at radius 2 is 1.88 bits per heavy atom. The van der Waals surface area contributed by atoms with Gasteiger partial charge >= 0.3 is 11.7 Å². The number of carbonyl (C=O) groups is 2. The summed E-state index contributed by atoms with van der Waals surface area (Å²) >= 11 is 6.30. The molecule has 11 nitrogen and oxygen atoms in total. The Kier molecular flexibility index (Phi) is 12.1. The molecule has 266 valence electrons. The number of benzene rings is 3. The van der Waals surface area contributed by atoms with Crippen LogP contribution in [0.5, 0.6) is 5.75 Å². The summed E-state index contributed by atoms with van der Waals surface area (Å²) in [6.45, 7) is 8.05. The van der Waals surface area contributed by atoms with Gasteiger partial charge in [-0.25, -0.2) is 4.21 Å². The normalized spacial score (nSPS) is 19.7. The molecule has 4 atom stereocenters. The van der Waals surface area contributed by atoms with E-state index in [1.165, 1.54) is 12.1 Å². The first kappa shape index (κ1) is 37.2. The van der Waals surface area contributed by atoms with Crippen LogP contribution in [-0.4, -0.2) is 58.6 Å². The van der Waals surface area contributed by atoms with Gasteiger partial charge in [0.15, 0.2) is 12.0 Å². The molecule has 3 aromatic carbocycles. The maximum absolute atomic E-state index is 14.1. The highest BCUT2D eigenvalue weighted by atomic mass is 35.5. The lowest BCUT2D eigenvalue weighted by Crippen LogP contribution is -2.47. The monoisotopic (exact) mass is 724 g/mol. The third-order valence-electron chi connectivity index (χ3n) is 8.92. The topological polar surface area (TPSA) is 144 Å². The van der Waals surface area contributed by atoms with Crippen LogP contribution in [0.15, 0.2) is 83.7 Å². The number of carbonyl (C=O) groups excluding carboxylic acids is 2. The van der Waals surface area contributed by atoms with Gasteiger partial charge in [-0.15, -0.1) is 6.58 Å². The third-order valence-corrected chi connectivity index (χ3v) is 11.4. The number of nitrogens with zero attached hydrogens (tertiary/aromatic N) is 2. The average Bonchev–Trinajstić information content (AvgIpc) is 3.63. The van der Waals surface area contributed by atoms with Gasteiger partial charge in [-0.05, 0) is 79.5 Å². The first-order chi connectivity index (χ1) is 23.9. The second-order valence-electron chi connectivity index (χ2n) is 12.8. The van der Waals surface area contributed by atoms with Crippen molar-refractivity contribution in [1.82, 2.24) is 0 Å². The van der Waals surface area contributed by atoms with Crippen molar-refractivity contribution in [3.8, 4) is 5.75 Å². The molecule has 0 spiro atoms. The Labute approximate surface area is 297 Å². The molecule has 1 amide bonds. The molecule has 50 heavy (non-hydrogen) atoms. The van der Waals surface area contributed by atoms with Crippen LogP contribution in [0, 0.1) is 16.0 Å². The number of nitro benzene ring substituents is 1. The molecule has 0 bridgehead atoms. The van der Waals surface area contributed by atoms with Crippen LogP contribution in [0.2, 0.25) is 5.02 Å². The number of nitro groups is 1. The fraction of sp³-hybridized carbons (Fsp3) is 0.405. The zero-order chi connectivity index (χ0) is 35.9. The average molecular weight is 725 g/mol. The Morgan fingerprint density at radius 1 is 1.14 bits per heavy atom. The molecular weight excluding hydrogens is 684 g/mol. The summed E-state index contributed by atoms with van der Waals surface area (Å²) in [7, 11) is -3.49. The third kappa shape index (κ3) is 8.79. The maximum atomic E-state index is 14.1. The summed E-state index contributed by atoms with van der Waals surface area (Å²) in [4.78, 5) is 38.1. The lowest BCUT2D eigenvalue weighted by molar-refractivity contribution is -0.386. The number of amides is 1. The molecule has 1 heterocycles. The van der Waals surface area contributed by atoms with Crippen LogP contribution in [0.4, 0.5) is 5.69 Å². The van der Waals surface area contributed by atoms with E-state index in [-0.39, 0.29) is 29.6 Å². The Bertz CT molecular complexity index is 1850. The quantitative estimate of drug-likeness (QED) is 0.0719. The van der Waals surface area contributed by atoms with Crippen LogP contribution < -0.4 is 4.74 Å². The van der Waals surface area contributed by atoms with E-state index in [1.807, 2.05) is 37.3 Å². The predicted molar refractivity (Wildman–Crippen MR) is 190 cm³/mol. The lowest BCUT2D eigenvalue weighted by atomic mass is 9.69. The highest BCUT2D eigenvalue weighted by Crippen LogP contribution is 2.44. The number of hydrogen-bond donors (Lipinski definition) is 0. The highest BCUT2D eigenvalue weighted by molar-refractivity contribution is 7.94. The van der Waals surface area contributed by atoms with Crippen molar-refractivity contribution in [2.75, 3.05) is 31.3 Å². The largest absolute Gasteiger partial charge is 0.486 e. The van der Waals surface area contributed by atoms with Gasteiger partial charge in [0.05, 0.1) is 33.3 Å². The molecule has 1 aliphatic carbocycles. The summed E-state index contributed by atoms with van der Waals surface area (Å²) in [5.74, 6) is -2.73. The summed E-state index contributed by atoms with van der Waals surface area (Å²) < 4.78 is 41.8. The number of aryl methyl sites for hydroxylation is 1. The van der Waals surface area contributed by atoms with Crippen LogP contribution in [0.1, 0.15) is 66.3 Å². The standard InChI is InChI=1S/C37H41ClN2O9S/c1-4-9-25(2)22-50(45,23-34(41)49-26(3)27-10-6-5-7-11-27)39-35(42)29-13-16-33(32(21-29)40(43)44)48-24-37(36-46-18-19-47-36)17-8-12-28-20-30(38)14-15-31(28)37/h4-7,10-11,13-16,20-21,25-26,36H,1,8-9,12,17-19,22-24H2,2-3H3/t25-,26-,37-,50+/m0/s1. The second kappa shape index (κ2) is 16.3. The number of rotatable bonds is 14. The maximum Gasteiger partial charge on any atom is 0.320 e. The van der Waals surface area contributed by atoms with Crippen molar-refractivity contribution in [1.29, 1.82) is 0 Å². The van der Waals surface area contributed by atoms with Crippen LogP contribution in [0.25, 0.3) is 0 Å². The molecule has 1 fully saturated rings. The molecule has 0 unspecified atom stereocenters. The van der Waals surface area contributed by atoms with E-state index in [4.69, 9.17) is 30.5 Å². The fourth-order valence-corrected chi connectivity index (χ4v) is 8.90. The van der Waals surface area contributed by atoms with E-state index in [0.29, 0.717) is 31.1 Å². The zero-order valence-corrected chi connectivity index (χ0v) is 29.7. The van der Waals surface area contributed by atoms with E-state index in [9.17, 15) is 23.9 Å². The molecule has 1 aliphatic heterocycles. The van der Waals surface area contributed by atoms with Gasteiger partial charge in [-0.2, -0.15) is 4.36 Å². The second-order valence-corrected chi connectivity index (χ2v) is 15.6. The number of esters is 1. The van der Waals surface area contributed by atoms with Crippen LogP contribution in [-0.2, 0) is 40.6 Å². The van der Waals surface area contributed by atoms with Crippen molar-refractivity contribution in [3.63, 3.8) is 0 Å². The molecule has 0 N–H and O–H groups in total. The van der Waals surface area contributed by atoms with Gasteiger partial charge < -0.3 is 18.9 Å². The lowest BCUT2D eigenvalue weighted by Gasteiger charge is -2.41. The number of hydrogen-bond acceptors (Lipinski definition) is 9. The van der Waals surface area contributed by atoms with Gasteiger partial charge in [0.2, 0.25) is 0 Å². The zero-order valence-electron chi connectivity index (χ0n) is 28.1. The molecule has 0 saturated carbocycles. The SMILES string of the molecule is C=CC[C@H](C)C[S@@](=O)(CC(=O)O[C@@H](C)c1ccccc1)=NC(=O)c1ccc(OC[C@@]2(C3OCCO3)CCCc3cc(Cl)ccc32)c([N+](=O)[O-])c1. The number of allylic oxidation sites excluding steroid dienone is 1. The summed E-state index contributed by atoms with van der Waals surface area (Å²) in [5.41, 5.74) is 1.34. The van der Waals surface area contributed by atoms with Crippen molar-refractivity contribution in [3.05, 3.63) is 117 Å². The molecule has 1 saturated heterocycles. The predicted octanol–water partition coefficient (Wildman–Crippen LogP) is 7.40. The van der Waals surface area contributed by atoms with Crippen LogP contribution >= 0.6 is 11.6 Å². The summed E-state index contributed by atoms with van der Waals surface area (Å²) in [6, 6.07) is 18.4. The van der Waals surface area contributed by atoms with Crippen LogP contribution in [0.3, 0.4) is 0 Å². The van der Waals surface area contributed by atoms with Gasteiger partial charge in [0, 0.05) is 22.4 Å². The van der Waals surface area contributed by atoms with Crippen molar-refractivity contribution < 1.29 is 37.7 Å². The molecular formula is C37H41ClN2O9S. The van der Waals surface area contributed by atoms with E-state index in [1.54, 1.807) is 31.2 Å². The minimum absolute atomic E-state index is 0.00331. The van der Waals surface area contributed by atoms with Gasteiger partial charge in [-0.3, -0.25) is 19.7 Å². The van der Waals surface area contributed by atoms with Gasteiger partial charge in [0.1, 0.15) is 18.5 Å². The Morgan fingerprint density at radius 3 is 2.58 bits per heavy atom. The minimum Gasteiger partial charge on any atom is -0.486 e. The van der Waals surface area contributed by atoms with E-state index < -0.39 is 55.8 Å². The number of halogens is 1. The van der Waals surface area contributed by atoms with Gasteiger partial charge in [0.25, 0.3) is 5.91 Å². The first-order valence-electron chi connectivity index (χ1n) is 16.5. The molecule has 0 radical (unpaired) electrons. The van der Waals surface area contributed by atoms with Crippen molar-refractivity contribution in [2.45, 2.75) is 57.3 Å². The highest BCUT2D eigenvalue weighted by Gasteiger charge is 2.48. The molecule has 3 aromatic rings. The van der Waals surface area contributed by atoms with E-state index in [2.05, 4.69) is 10.9 Å². The van der Waals surface area contributed by atoms with E-state index in [0.717, 1.165) is 35.6 Å². The molecule has 2 aliphatic rings. The summed E-state index contributed by atoms with van der Waals surface area (Å²) in [6.07, 6.45) is 3.16. The molecule has 13 heteroatoms. The fourth-order valence-electron chi connectivity index (χ4n) is 6.58. The summed E-state index contributed by atoms with van der Waals surface area (Å²) in [5, 5.41) is 12.9. The molecule has 5 rings (SSSR count). The van der Waals surface area contributed by atoms with Crippen molar-refractivity contribution >= 4 is 38.9 Å². The smallest absolute Gasteiger partial charge is 0.320 e. The first-order valence-corrected chi connectivity index (χ1v) is 18.7.